The molecule has 0 aliphatic carbocycles. The molecule has 0 atom stereocenters. The van der Waals surface area contributed by atoms with Crippen LogP contribution in [0.3, 0.4) is 0 Å². The second kappa shape index (κ2) is 7.92. The molecule has 0 radical (unpaired) electrons. The van der Waals surface area contributed by atoms with Crippen LogP contribution in [-0.4, -0.2) is 30.0 Å². The van der Waals surface area contributed by atoms with Crippen molar-refractivity contribution < 1.29 is 4.74 Å². The number of aromatic nitrogens is 6. The lowest BCUT2D eigenvalue weighted by atomic mass is 10.1. The van der Waals surface area contributed by atoms with Gasteiger partial charge in [0.05, 0.1) is 37.2 Å². The predicted molar refractivity (Wildman–Crippen MR) is 102 cm³/mol. The highest BCUT2D eigenvalue weighted by molar-refractivity contribution is 5.79. The summed E-state index contributed by atoms with van der Waals surface area (Å²) in [7, 11) is 0. The van der Waals surface area contributed by atoms with Gasteiger partial charge in [-0.1, -0.05) is 60.7 Å². The van der Waals surface area contributed by atoms with E-state index >= 15 is 0 Å². The lowest BCUT2D eigenvalue weighted by Gasteiger charge is -2.14. The first-order chi connectivity index (χ1) is 13.4. The molecule has 132 valence electrons. The molecule has 7 heteroatoms. The second-order valence-corrected chi connectivity index (χ2v) is 5.52. The fourth-order valence-electron chi connectivity index (χ4n) is 2.44. The normalized spacial score (nSPS) is 12.1. The van der Waals surface area contributed by atoms with Gasteiger partial charge in [-0.3, -0.25) is 0 Å². The summed E-state index contributed by atoms with van der Waals surface area (Å²) in [5.74, 6) is 1.18. The van der Waals surface area contributed by atoms with Crippen molar-refractivity contribution >= 4 is 23.9 Å². The zero-order chi connectivity index (χ0) is 18.3. The lowest BCUT2D eigenvalue weighted by molar-refractivity contribution is 0.471. The van der Waals surface area contributed by atoms with Gasteiger partial charge in [0.15, 0.2) is 11.5 Å². The van der Waals surface area contributed by atoms with Crippen molar-refractivity contribution in [2.24, 2.45) is 0 Å². The third kappa shape index (κ3) is 4.16. The maximum Gasteiger partial charge on any atom is 0.154 e. The molecular weight excluding hydrogens is 340 g/mol. The van der Waals surface area contributed by atoms with Crippen molar-refractivity contribution in [3.63, 3.8) is 0 Å². The van der Waals surface area contributed by atoms with E-state index in [1.807, 2.05) is 60.7 Å². The molecule has 7 nitrogen and oxygen atoms in total. The van der Waals surface area contributed by atoms with Crippen LogP contribution in [0.25, 0.3) is 23.9 Å². The fraction of sp³-hybridized carbons (Fsp3) is 0. The number of hydrogen-bond acceptors (Lipinski definition) is 5. The summed E-state index contributed by atoms with van der Waals surface area (Å²) in [5.41, 5.74) is 1.79. The van der Waals surface area contributed by atoms with Crippen LogP contribution in [0.5, 0.6) is 0 Å². The third-order valence-electron chi connectivity index (χ3n) is 3.68. The molecule has 2 aromatic heterocycles. The van der Waals surface area contributed by atoms with E-state index in [0.717, 1.165) is 11.1 Å². The fourth-order valence-corrected chi connectivity index (χ4v) is 2.44. The maximum atomic E-state index is 6.29. The molecule has 0 bridgehead atoms. The van der Waals surface area contributed by atoms with Crippen molar-refractivity contribution in [2.75, 3.05) is 0 Å². The number of ether oxygens (including phenoxy) is 1. The molecule has 0 unspecified atom stereocenters. The quantitative estimate of drug-likeness (QED) is 0.495. The Kier molecular flexibility index (Phi) is 4.83. The van der Waals surface area contributed by atoms with Gasteiger partial charge < -0.3 is 4.74 Å². The summed E-state index contributed by atoms with van der Waals surface area (Å²) >= 11 is 0. The second-order valence-electron chi connectivity index (χ2n) is 5.52. The maximum absolute atomic E-state index is 6.29. The van der Waals surface area contributed by atoms with Gasteiger partial charge in [-0.05, 0) is 0 Å². The summed E-state index contributed by atoms with van der Waals surface area (Å²) in [6, 6.07) is 19.5. The minimum Gasteiger partial charge on any atom is -0.453 e. The summed E-state index contributed by atoms with van der Waals surface area (Å²) in [6.45, 7) is 0. The van der Waals surface area contributed by atoms with Crippen molar-refractivity contribution in [1.29, 1.82) is 0 Å². The Morgan fingerprint density at radius 2 is 0.963 bits per heavy atom. The molecule has 0 fully saturated rings. The third-order valence-corrected chi connectivity index (χ3v) is 3.68. The molecule has 2 aromatic carbocycles. The minimum atomic E-state index is 0.592. The van der Waals surface area contributed by atoms with E-state index in [4.69, 9.17) is 4.74 Å². The van der Waals surface area contributed by atoms with E-state index < -0.39 is 0 Å². The molecule has 0 aliphatic heterocycles. The molecule has 0 saturated carbocycles. The zero-order valence-electron chi connectivity index (χ0n) is 14.3. The van der Waals surface area contributed by atoms with Crippen LogP contribution in [0.4, 0.5) is 0 Å². The summed E-state index contributed by atoms with van der Waals surface area (Å²) in [6.07, 6.45) is 9.90. The Morgan fingerprint density at radius 1 is 0.593 bits per heavy atom. The molecule has 4 rings (SSSR count). The van der Waals surface area contributed by atoms with Crippen LogP contribution in [0.1, 0.15) is 11.1 Å². The first kappa shape index (κ1) is 16.5. The molecule has 0 aliphatic rings. The average molecular weight is 356 g/mol. The van der Waals surface area contributed by atoms with Crippen molar-refractivity contribution in [2.45, 2.75) is 0 Å². The summed E-state index contributed by atoms with van der Waals surface area (Å²) < 4.78 is 6.29. The highest BCUT2D eigenvalue weighted by Crippen LogP contribution is 2.26. The van der Waals surface area contributed by atoms with E-state index in [1.54, 1.807) is 37.2 Å². The molecular formula is C20H16N6O. The van der Waals surface area contributed by atoms with Crippen LogP contribution in [0, 0.1) is 0 Å². The summed E-state index contributed by atoms with van der Waals surface area (Å²) in [4.78, 5) is 2.91. The Hall–Kier alpha value is -4.00. The van der Waals surface area contributed by atoms with Gasteiger partial charge in [0.25, 0.3) is 0 Å². The van der Waals surface area contributed by atoms with Crippen molar-refractivity contribution in [3.8, 4) is 0 Å². The van der Waals surface area contributed by atoms with Gasteiger partial charge in [-0.2, -0.15) is 30.0 Å². The Labute approximate surface area is 155 Å². The molecule has 27 heavy (non-hydrogen) atoms. The molecule has 4 aromatic rings. The number of benzene rings is 2. The zero-order valence-corrected chi connectivity index (χ0v) is 14.3. The molecule has 0 spiro atoms. The van der Waals surface area contributed by atoms with Crippen LogP contribution in [0.15, 0.2) is 85.5 Å². The highest BCUT2D eigenvalue weighted by atomic mass is 16.5. The van der Waals surface area contributed by atoms with Gasteiger partial charge in [0.2, 0.25) is 0 Å². The van der Waals surface area contributed by atoms with Crippen LogP contribution < -0.4 is 0 Å². The van der Waals surface area contributed by atoms with Crippen LogP contribution in [-0.2, 0) is 4.74 Å². The van der Waals surface area contributed by atoms with Gasteiger partial charge in [-0.25, -0.2) is 0 Å². The molecule has 0 amide bonds. The first-order valence-electron chi connectivity index (χ1n) is 8.32. The minimum absolute atomic E-state index is 0.592. The Bertz CT molecular complexity index is 937. The largest absolute Gasteiger partial charge is 0.453 e. The standard InChI is InChI=1S/C20H16N6O/c1-3-7-17(8-4-1)19(15-25-21-11-12-22-25)27-20(16-26-23-13-14-24-26)18-9-5-2-6-10-18/h1-16H. The van der Waals surface area contributed by atoms with E-state index in [0.29, 0.717) is 11.5 Å². The van der Waals surface area contributed by atoms with Gasteiger partial charge in [0.1, 0.15) is 0 Å². The van der Waals surface area contributed by atoms with Crippen molar-refractivity contribution in [3.05, 3.63) is 96.6 Å². The SMILES string of the molecule is C(=C(OC(=Cn1nccn1)c1ccccc1)c1ccccc1)n1nccn1. The van der Waals surface area contributed by atoms with Gasteiger partial charge >= 0.3 is 0 Å². The smallest absolute Gasteiger partial charge is 0.154 e. The van der Waals surface area contributed by atoms with E-state index in [1.165, 1.54) is 9.59 Å². The van der Waals surface area contributed by atoms with E-state index in [9.17, 15) is 0 Å². The Morgan fingerprint density at radius 3 is 1.33 bits per heavy atom. The Balaban J connectivity index is 1.77. The van der Waals surface area contributed by atoms with E-state index in [-0.39, 0.29) is 0 Å². The number of rotatable bonds is 6. The molecule has 0 N–H and O–H groups in total. The predicted octanol–water partition coefficient (Wildman–Crippen LogP) is 3.50. The molecule has 0 saturated heterocycles. The summed E-state index contributed by atoms with van der Waals surface area (Å²) in [5, 5.41) is 16.5. The van der Waals surface area contributed by atoms with Crippen LogP contribution >= 0.6 is 0 Å². The first-order valence-corrected chi connectivity index (χ1v) is 8.32. The number of nitrogens with zero attached hydrogens (tertiary/aromatic N) is 6. The van der Waals surface area contributed by atoms with Gasteiger partial charge in [-0.15, -0.1) is 0 Å². The molecule has 2 heterocycles. The average Bonchev–Trinajstić information content (AvgIpc) is 3.42. The van der Waals surface area contributed by atoms with E-state index in [2.05, 4.69) is 20.4 Å². The topological polar surface area (TPSA) is 70.7 Å². The lowest BCUT2D eigenvalue weighted by Crippen LogP contribution is -2.01. The van der Waals surface area contributed by atoms with Crippen molar-refractivity contribution in [1.82, 2.24) is 30.0 Å². The highest BCUT2D eigenvalue weighted by Gasteiger charge is 2.11. The monoisotopic (exact) mass is 356 g/mol. The van der Waals surface area contributed by atoms with Gasteiger partial charge in [0, 0.05) is 11.1 Å². The van der Waals surface area contributed by atoms with Crippen LogP contribution in [0.2, 0.25) is 0 Å². The number of hydrogen-bond donors (Lipinski definition) is 0.